The number of hydrogen-bond donors (Lipinski definition) is 0. The van der Waals surface area contributed by atoms with E-state index in [1.165, 1.54) is 12.1 Å². The van der Waals surface area contributed by atoms with Gasteiger partial charge in [-0.2, -0.15) is 0 Å². The molecule has 7 heteroatoms. The molecule has 0 unspecified atom stereocenters. The summed E-state index contributed by atoms with van der Waals surface area (Å²) in [5.74, 6) is -0.420. The van der Waals surface area contributed by atoms with Crippen LogP contribution in [0.4, 0.5) is 0 Å². The molecule has 2 heterocycles. The number of nitrogens with zero attached hydrogens (tertiary/aromatic N) is 2. The zero-order chi connectivity index (χ0) is 13.1. The van der Waals surface area contributed by atoms with Gasteiger partial charge < -0.3 is 4.74 Å². The van der Waals surface area contributed by atoms with Gasteiger partial charge in [0.1, 0.15) is 9.76 Å². The Hall–Kier alpha value is -1.17. The van der Waals surface area contributed by atoms with E-state index in [4.69, 9.17) is 27.9 Å². The van der Waals surface area contributed by atoms with Crippen LogP contribution in [-0.4, -0.2) is 15.9 Å². The molecule has 0 aliphatic heterocycles. The van der Waals surface area contributed by atoms with Gasteiger partial charge in [0.2, 0.25) is 0 Å². The first kappa shape index (κ1) is 13.3. The van der Waals surface area contributed by atoms with Gasteiger partial charge in [0, 0.05) is 6.20 Å². The predicted octanol–water partition coefficient (Wildman–Crippen LogP) is 3.77. The maximum atomic E-state index is 11.9. The number of carbonyl (C=O) groups excluding carboxylic acids is 1. The van der Waals surface area contributed by atoms with Crippen molar-refractivity contribution in [3.63, 3.8) is 0 Å². The molecule has 0 atom stereocenters. The molecule has 0 radical (unpaired) electrons. The standard InChI is InChI=1S/C11H5BrCl2N2O2/c12-10-7(2-1-5-15-10)18-11(17)9-6(13)3-4-8(14)16-9/h1-5H. The summed E-state index contributed by atoms with van der Waals surface area (Å²) in [5.41, 5.74) is -0.0417. The van der Waals surface area contributed by atoms with Crippen molar-refractivity contribution in [2.45, 2.75) is 0 Å². The Kier molecular flexibility index (Phi) is 4.16. The average molecular weight is 348 g/mol. The number of carbonyl (C=O) groups is 1. The van der Waals surface area contributed by atoms with Gasteiger partial charge >= 0.3 is 5.97 Å². The van der Waals surface area contributed by atoms with E-state index in [9.17, 15) is 4.79 Å². The molecule has 4 nitrogen and oxygen atoms in total. The van der Waals surface area contributed by atoms with Crippen molar-refractivity contribution in [1.29, 1.82) is 0 Å². The molecule has 0 aliphatic rings. The lowest BCUT2D eigenvalue weighted by Crippen LogP contribution is -2.12. The molecule has 0 aromatic carbocycles. The van der Waals surface area contributed by atoms with E-state index >= 15 is 0 Å². The van der Waals surface area contributed by atoms with Gasteiger partial charge in [0.05, 0.1) is 5.02 Å². The minimum absolute atomic E-state index is 0.0417. The highest BCUT2D eigenvalue weighted by Crippen LogP contribution is 2.24. The highest BCUT2D eigenvalue weighted by atomic mass is 79.9. The molecule has 0 saturated carbocycles. The van der Waals surface area contributed by atoms with Gasteiger partial charge in [-0.1, -0.05) is 23.2 Å². The monoisotopic (exact) mass is 346 g/mol. The first-order valence-corrected chi connectivity index (χ1v) is 6.27. The second-order valence-corrected chi connectivity index (χ2v) is 4.69. The summed E-state index contributed by atoms with van der Waals surface area (Å²) < 4.78 is 5.53. The summed E-state index contributed by atoms with van der Waals surface area (Å²) in [6, 6.07) is 6.19. The van der Waals surface area contributed by atoms with Gasteiger partial charge in [-0.3, -0.25) is 0 Å². The summed E-state index contributed by atoms with van der Waals surface area (Å²) in [6.07, 6.45) is 1.56. The third-order valence-electron chi connectivity index (χ3n) is 1.93. The van der Waals surface area contributed by atoms with Gasteiger partial charge in [-0.15, -0.1) is 0 Å². The minimum atomic E-state index is -0.698. The number of rotatable bonds is 2. The van der Waals surface area contributed by atoms with E-state index in [1.54, 1.807) is 18.3 Å². The van der Waals surface area contributed by atoms with Gasteiger partial charge in [0.25, 0.3) is 0 Å². The number of halogens is 3. The van der Waals surface area contributed by atoms with Crippen LogP contribution in [0.15, 0.2) is 35.1 Å². The van der Waals surface area contributed by atoms with Crippen LogP contribution in [0.1, 0.15) is 10.5 Å². The molecular formula is C11H5BrCl2N2O2. The number of esters is 1. The quantitative estimate of drug-likeness (QED) is 0.613. The Balaban J connectivity index is 2.28. The van der Waals surface area contributed by atoms with Crippen molar-refractivity contribution >= 4 is 45.1 Å². The zero-order valence-electron chi connectivity index (χ0n) is 8.73. The summed E-state index contributed by atoms with van der Waals surface area (Å²) in [6.45, 7) is 0. The largest absolute Gasteiger partial charge is 0.419 e. The highest BCUT2D eigenvalue weighted by molar-refractivity contribution is 9.10. The Morgan fingerprint density at radius 1 is 1.28 bits per heavy atom. The van der Waals surface area contributed by atoms with Crippen molar-refractivity contribution in [1.82, 2.24) is 9.97 Å². The lowest BCUT2D eigenvalue weighted by molar-refractivity contribution is 0.0727. The molecule has 0 fully saturated rings. The lowest BCUT2D eigenvalue weighted by Gasteiger charge is -2.06. The fourth-order valence-electron chi connectivity index (χ4n) is 1.16. The molecule has 2 aromatic rings. The summed E-state index contributed by atoms with van der Waals surface area (Å²) >= 11 is 14.7. The van der Waals surface area contributed by atoms with Crippen molar-refractivity contribution < 1.29 is 9.53 Å². The van der Waals surface area contributed by atoms with Crippen LogP contribution in [0.3, 0.4) is 0 Å². The second kappa shape index (κ2) is 5.65. The topological polar surface area (TPSA) is 52.1 Å². The predicted molar refractivity (Wildman–Crippen MR) is 71.2 cm³/mol. The normalized spacial score (nSPS) is 10.2. The Morgan fingerprint density at radius 2 is 2.06 bits per heavy atom. The van der Waals surface area contributed by atoms with Crippen molar-refractivity contribution in [2.75, 3.05) is 0 Å². The van der Waals surface area contributed by atoms with E-state index < -0.39 is 5.97 Å². The van der Waals surface area contributed by atoms with Gasteiger partial charge in [-0.05, 0) is 40.2 Å². The van der Waals surface area contributed by atoms with E-state index in [-0.39, 0.29) is 21.6 Å². The lowest BCUT2D eigenvalue weighted by atomic mass is 10.3. The average Bonchev–Trinajstić information content (AvgIpc) is 2.35. The van der Waals surface area contributed by atoms with Crippen LogP contribution in [0.2, 0.25) is 10.2 Å². The number of aromatic nitrogens is 2. The van der Waals surface area contributed by atoms with Crippen molar-refractivity contribution in [2.24, 2.45) is 0 Å². The third-order valence-corrected chi connectivity index (χ3v) is 3.04. The number of pyridine rings is 2. The first-order valence-electron chi connectivity index (χ1n) is 4.72. The van der Waals surface area contributed by atoms with Crippen LogP contribution in [-0.2, 0) is 0 Å². The Morgan fingerprint density at radius 3 is 2.78 bits per heavy atom. The minimum Gasteiger partial charge on any atom is -0.419 e. The molecule has 2 aromatic heterocycles. The van der Waals surface area contributed by atoms with Crippen molar-refractivity contribution in [3.05, 3.63) is 50.9 Å². The smallest absolute Gasteiger partial charge is 0.364 e. The first-order chi connectivity index (χ1) is 8.58. The van der Waals surface area contributed by atoms with Crippen LogP contribution in [0, 0.1) is 0 Å². The zero-order valence-corrected chi connectivity index (χ0v) is 11.8. The van der Waals surface area contributed by atoms with Crippen LogP contribution < -0.4 is 4.74 Å². The number of hydrogen-bond acceptors (Lipinski definition) is 4. The summed E-state index contributed by atoms with van der Waals surface area (Å²) in [4.78, 5) is 19.6. The van der Waals surface area contributed by atoms with Gasteiger partial charge in [-0.25, -0.2) is 14.8 Å². The Labute approximate surface area is 121 Å². The number of ether oxygens (including phenoxy) is 1. The molecule has 0 bridgehead atoms. The molecule has 0 N–H and O–H groups in total. The van der Waals surface area contributed by atoms with E-state index in [2.05, 4.69) is 25.9 Å². The third kappa shape index (κ3) is 2.98. The maximum Gasteiger partial charge on any atom is 0.364 e. The fraction of sp³-hybridized carbons (Fsp3) is 0. The molecule has 0 spiro atoms. The summed E-state index contributed by atoms with van der Waals surface area (Å²) in [5, 5.41) is 0.334. The molecule has 0 saturated heterocycles. The SMILES string of the molecule is O=C(Oc1cccnc1Br)c1nc(Cl)ccc1Cl. The fourth-order valence-corrected chi connectivity index (χ4v) is 1.82. The maximum absolute atomic E-state index is 11.9. The second-order valence-electron chi connectivity index (χ2n) is 3.15. The molecule has 0 aliphatic carbocycles. The van der Waals surface area contributed by atoms with Crippen molar-refractivity contribution in [3.8, 4) is 5.75 Å². The molecule has 0 amide bonds. The van der Waals surface area contributed by atoms with Gasteiger partial charge in [0.15, 0.2) is 11.4 Å². The van der Waals surface area contributed by atoms with E-state index in [0.29, 0.717) is 4.60 Å². The molecule has 18 heavy (non-hydrogen) atoms. The molecule has 92 valence electrons. The molecular weight excluding hydrogens is 343 g/mol. The summed E-state index contributed by atoms with van der Waals surface area (Å²) in [7, 11) is 0. The Bertz CT molecular complexity index is 607. The van der Waals surface area contributed by atoms with Crippen LogP contribution >= 0.6 is 39.1 Å². The van der Waals surface area contributed by atoms with E-state index in [1.807, 2.05) is 0 Å². The van der Waals surface area contributed by atoms with Crippen LogP contribution in [0.5, 0.6) is 5.75 Å². The van der Waals surface area contributed by atoms with E-state index in [0.717, 1.165) is 0 Å². The van der Waals surface area contributed by atoms with Crippen LogP contribution in [0.25, 0.3) is 0 Å². The highest BCUT2D eigenvalue weighted by Gasteiger charge is 2.16. The molecule has 2 rings (SSSR count).